The Balaban J connectivity index is 0.000000909. The van der Waals surface area contributed by atoms with Crippen LogP contribution < -0.4 is 22.7 Å². The van der Waals surface area contributed by atoms with Crippen LogP contribution in [0.5, 0.6) is 0 Å². The molecule has 0 bridgehead atoms. The minimum absolute atomic E-state index is 0.209. The number of hydrogen-bond acceptors (Lipinski definition) is 0. The molecule has 0 aliphatic heterocycles. The maximum atomic E-state index is 4.97. The Kier molecular flexibility index (Phi) is 15.1. The van der Waals surface area contributed by atoms with E-state index in [0.717, 1.165) is 0 Å². The van der Waals surface area contributed by atoms with Gasteiger partial charge in [0.05, 0.1) is 0 Å². The summed E-state index contributed by atoms with van der Waals surface area (Å²) in [6.07, 6.45) is 2.63. The van der Waals surface area contributed by atoms with Gasteiger partial charge in [0.1, 0.15) is 0 Å². The molecule has 0 spiro atoms. The average Bonchev–Trinajstić information content (AvgIpc) is 3.02. The second-order valence-electron chi connectivity index (χ2n) is 9.11. The first-order chi connectivity index (χ1) is 20.1. The van der Waals surface area contributed by atoms with Crippen LogP contribution in [0.2, 0.25) is 10.4 Å². The average molecular weight is 921 g/mol. The van der Waals surface area contributed by atoms with Gasteiger partial charge in [-0.2, -0.15) is 0 Å². The van der Waals surface area contributed by atoms with Crippen LogP contribution in [-0.4, -0.2) is 41.6 Å². The molecule has 5 aromatic carbocycles. The van der Waals surface area contributed by atoms with Crippen molar-refractivity contribution >= 4 is 88.7 Å². The summed E-state index contributed by atoms with van der Waals surface area (Å²) in [7, 11) is 14.7. The number of rotatable bonds is 11. The van der Waals surface area contributed by atoms with Gasteiger partial charge in [0.15, 0.2) is 0 Å². The van der Waals surface area contributed by atoms with Gasteiger partial charge in [0, 0.05) is 0 Å². The van der Waals surface area contributed by atoms with E-state index < -0.39 is 42.8 Å². The monoisotopic (exact) mass is 920 g/mol. The van der Waals surface area contributed by atoms with Crippen molar-refractivity contribution in [3.63, 3.8) is 0 Å². The fourth-order valence-corrected chi connectivity index (χ4v) is 20.4. The molecule has 5 rings (SSSR count). The van der Waals surface area contributed by atoms with E-state index in [1.54, 1.807) is 22.7 Å². The van der Waals surface area contributed by atoms with Crippen LogP contribution >= 0.6 is 36.7 Å². The quantitative estimate of drug-likeness (QED) is 0.0954. The van der Waals surface area contributed by atoms with Crippen molar-refractivity contribution in [3.05, 3.63) is 152 Å². The van der Waals surface area contributed by atoms with Crippen molar-refractivity contribution in [2.75, 3.05) is 12.3 Å². The third kappa shape index (κ3) is 11.3. The zero-order valence-corrected chi connectivity index (χ0v) is 31.9. The second kappa shape index (κ2) is 18.7. The third-order valence-corrected chi connectivity index (χ3v) is 21.2. The standard InChI is InChI=1S/C34H33As2P.3ClH.Ir/c1-6-16-30(17-7-1)35(31-18-8-2-9-19-31)26-28-37(34-24-14-5-15-25-34)29-27-36(32-20-10-3-11-21-32)33-22-12-4-13-23-33;;;;/h1-25H,26-29H2;3*1H;/q;;;;+3/p-3. The predicted octanol–water partition coefficient (Wildman–Crippen LogP) is 7.48. The van der Waals surface area contributed by atoms with Crippen molar-refractivity contribution in [2.45, 2.75) is 10.4 Å². The molecular weight excluding hydrogens is 888 g/mol. The molecule has 0 aromatic heterocycles. The molecule has 41 heavy (non-hydrogen) atoms. The fraction of sp³-hybridized carbons (Fsp3) is 0.118. The Bertz CT molecular complexity index is 1210. The first-order valence-corrected chi connectivity index (χ1v) is 30.3. The molecule has 0 unspecified atom stereocenters. The van der Waals surface area contributed by atoms with E-state index in [2.05, 4.69) is 152 Å². The van der Waals surface area contributed by atoms with Crippen LogP contribution in [0.3, 0.4) is 0 Å². The molecule has 214 valence electrons. The van der Waals surface area contributed by atoms with E-state index in [-0.39, 0.29) is 7.92 Å². The van der Waals surface area contributed by atoms with Crippen LogP contribution in [0.15, 0.2) is 152 Å². The molecule has 0 saturated heterocycles. The molecule has 0 radical (unpaired) electrons. The van der Waals surface area contributed by atoms with E-state index in [0.29, 0.717) is 0 Å². The minimum atomic E-state index is -1.92. The zero-order valence-electron chi connectivity index (χ0n) is 22.6. The van der Waals surface area contributed by atoms with E-state index in [1.807, 2.05) is 0 Å². The fourth-order valence-electron chi connectivity index (χ4n) is 4.70. The van der Waals surface area contributed by atoms with E-state index in [1.165, 1.54) is 22.7 Å². The van der Waals surface area contributed by atoms with E-state index in [4.69, 9.17) is 28.8 Å². The Labute approximate surface area is 273 Å². The molecule has 0 fully saturated rings. The van der Waals surface area contributed by atoms with Crippen molar-refractivity contribution in [2.24, 2.45) is 0 Å². The molecule has 5 aromatic rings. The van der Waals surface area contributed by atoms with E-state index in [9.17, 15) is 0 Å². The summed E-state index contributed by atoms with van der Waals surface area (Å²) in [5.74, 6) is 0. The van der Waals surface area contributed by atoms with Crippen LogP contribution in [0, 0.1) is 0 Å². The van der Waals surface area contributed by atoms with Crippen molar-refractivity contribution in [3.8, 4) is 0 Å². The summed E-state index contributed by atoms with van der Waals surface area (Å²) in [5.41, 5.74) is 0. The van der Waals surface area contributed by atoms with Gasteiger partial charge < -0.3 is 0 Å². The van der Waals surface area contributed by atoms with Crippen LogP contribution in [0.1, 0.15) is 0 Å². The van der Waals surface area contributed by atoms with Gasteiger partial charge in [-0.25, -0.2) is 0 Å². The molecule has 0 aliphatic carbocycles. The topological polar surface area (TPSA) is 0 Å². The Hall–Kier alpha value is -0.834. The molecule has 0 nitrogen and oxygen atoms in total. The first kappa shape index (κ1) is 33.1. The van der Waals surface area contributed by atoms with Gasteiger partial charge in [0.25, 0.3) is 0 Å². The van der Waals surface area contributed by atoms with Gasteiger partial charge in [-0.15, -0.1) is 0 Å². The summed E-state index contributed by atoms with van der Waals surface area (Å²) in [6, 6.07) is 56.7. The summed E-state index contributed by atoms with van der Waals surface area (Å²) in [5, 5.41) is 4.22. The molecule has 0 saturated carbocycles. The maximum absolute atomic E-state index is 4.97. The second-order valence-corrected chi connectivity index (χ2v) is 31.8. The molecule has 7 heteroatoms. The van der Waals surface area contributed by atoms with Crippen LogP contribution in [-0.2, 0) is 13.5 Å². The Morgan fingerprint density at radius 1 is 0.415 bits per heavy atom. The molecule has 0 atom stereocenters. The van der Waals surface area contributed by atoms with Gasteiger partial charge >= 0.3 is 277 Å². The van der Waals surface area contributed by atoms with Crippen molar-refractivity contribution in [1.29, 1.82) is 0 Å². The van der Waals surface area contributed by atoms with Crippen LogP contribution in [0.4, 0.5) is 0 Å². The Morgan fingerprint density at radius 2 is 0.659 bits per heavy atom. The van der Waals surface area contributed by atoms with Gasteiger partial charge in [-0.05, 0) is 0 Å². The Morgan fingerprint density at radius 3 is 0.927 bits per heavy atom. The first-order valence-electron chi connectivity index (χ1n) is 13.3. The number of halogens is 3. The summed E-state index contributed by atoms with van der Waals surface area (Å²) in [6.45, 7) is 0. The summed E-state index contributed by atoms with van der Waals surface area (Å²) < 4.78 is 6.30. The SMILES string of the molecule is [Cl][Ir]([Cl])[Cl].c1ccc(P(CC[As](c2ccccc2)c2ccccc2)CC[As](c2ccccc2)c2ccccc2)cc1. The van der Waals surface area contributed by atoms with Crippen LogP contribution in [0.25, 0.3) is 0 Å². The summed E-state index contributed by atoms with van der Waals surface area (Å²) in [4.78, 5) is 0. The molecule has 0 amide bonds. The van der Waals surface area contributed by atoms with Gasteiger partial charge in [-0.3, -0.25) is 0 Å². The number of benzene rings is 5. The normalized spacial score (nSPS) is 11.3. The number of hydrogen-bond donors (Lipinski definition) is 0. The molecular formula is C34H33As2Cl3IrP. The molecule has 0 aliphatic rings. The van der Waals surface area contributed by atoms with Gasteiger partial charge in [-0.1, -0.05) is 0 Å². The van der Waals surface area contributed by atoms with Crippen molar-refractivity contribution < 1.29 is 13.5 Å². The summed E-state index contributed by atoms with van der Waals surface area (Å²) >= 11 is -4.63. The predicted molar refractivity (Wildman–Crippen MR) is 186 cm³/mol. The molecule has 0 N–H and O–H groups in total. The molecule has 0 heterocycles. The zero-order chi connectivity index (χ0) is 28.7. The van der Waals surface area contributed by atoms with Crippen molar-refractivity contribution in [1.82, 2.24) is 0 Å². The third-order valence-electron chi connectivity index (χ3n) is 6.58. The van der Waals surface area contributed by atoms with Gasteiger partial charge in [0.2, 0.25) is 0 Å². The van der Waals surface area contributed by atoms with E-state index >= 15 is 0 Å².